The molecule has 0 aliphatic rings. The van der Waals surface area contributed by atoms with Gasteiger partial charge in [0.25, 0.3) is 11.6 Å². The van der Waals surface area contributed by atoms with E-state index in [0.717, 1.165) is 0 Å². The van der Waals surface area contributed by atoms with Crippen LogP contribution in [-0.4, -0.2) is 30.0 Å². The third-order valence-corrected chi connectivity index (χ3v) is 3.98. The Morgan fingerprint density at radius 2 is 2.08 bits per heavy atom. The van der Waals surface area contributed by atoms with Crippen LogP contribution < -0.4 is 10.1 Å². The summed E-state index contributed by atoms with van der Waals surface area (Å²) < 4.78 is 10.2. The van der Waals surface area contributed by atoms with E-state index in [-0.39, 0.29) is 24.5 Å². The summed E-state index contributed by atoms with van der Waals surface area (Å²) in [6.45, 7) is 3.23. The molecular weight excluding hydrogens is 348 g/mol. The molecule has 132 valence electrons. The van der Waals surface area contributed by atoms with Crippen molar-refractivity contribution in [1.82, 2.24) is 0 Å². The SMILES string of the molecule is CCOC(=O)c1ccsc1NC(=O)COc1ccc([N+](=O)[O-])c(C)c1. The van der Waals surface area contributed by atoms with Crippen molar-refractivity contribution < 1.29 is 24.0 Å². The highest BCUT2D eigenvalue weighted by Crippen LogP contribution is 2.25. The van der Waals surface area contributed by atoms with Gasteiger partial charge in [0.2, 0.25) is 0 Å². The Morgan fingerprint density at radius 1 is 1.32 bits per heavy atom. The van der Waals surface area contributed by atoms with Gasteiger partial charge in [0.1, 0.15) is 10.8 Å². The van der Waals surface area contributed by atoms with Crippen molar-refractivity contribution in [3.63, 3.8) is 0 Å². The summed E-state index contributed by atoms with van der Waals surface area (Å²) in [5.41, 5.74) is 0.701. The van der Waals surface area contributed by atoms with Crippen LogP contribution in [0.3, 0.4) is 0 Å². The lowest BCUT2D eigenvalue weighted by Crippen LogP contribution is -2.21. The number of carbonyl (C=O) groups excluding carboxylic acids is 2. The minimum Gasteiger partial charge on any atom is -0.484 e. The average molecular weight is 364 g/mol. The zero-order chi connectivity index (χ0) is 18.4. The van der Waals surface area contributed by atoms with E-state index in [9.17, 15) is 19.7 Å². The summed E-state index contributed by atoms with van der Waals surface area (Å²) in [4.78, 5) is 34.0. The molecule has 25 heavy (non-hydrogen) atoms. The number of hydrogen-bond donors (Lipinski definition) is 1. The fraction of sp³-hybridized carbons (Fsp3) is 0.250. The molecule has 0 radical (unpaired) electrons. The minimum absolute atomic E-state index is 0.0190. The Hall–Kier alpha value is -2.94. The van der Waals surface area contributed by atoms with Crippen molar-refractivity contribution in [2.45, 2.75) is 13.8 Å². The van der Waals surface area contributed by atoms with Gasteiger partial charge in [0.05, 0.1) is 17.1 Å². The van der Waals surface area contributed by atoms with Crippen LogP contribution in [0.25, 0.3) is 0 Å². The van der Waals surface area contributed by atoms with Crippen LogP contribution in [0.1, 0.15) is 22.8 Å². The van der Waals surface area contributed by atoms with Gasteiger partial charge >= 0.3 is 5.97 Å². The lowest BCUT2D eigenvalue weighted by Gasteiger charge is -2.08. The first-order valence-corrected chi connectivity index (χ1v) is 8.22. The second-order valence-electron chi connectivity index (χ2n) is 4.93. The summed E-state index contributed by atoms with van der Waals surface area (Å²) in [5.74, 6) is -0.620. The van der Waals surface area contributed by atoms with Gasteiger partial charge in [-0.15, -0.1) is 11.3 Å². The number of carbonyl (C=O) groups is 2. The Morgan fingerprint density at radius 3 is 2.72 bits per heavy atom. The molecule has 0 saturated carbocycles. The quantitative estimate of drug-likeness (QED) is 0.459. The predicted molar refractivity (Wildman–Crippen MR) is 92.2 cm³/mol. The number of benzene rings is 1. The minimum atomic E-state index is -0.508. The molecule has 0 unspecified atom stereocenters. The molecule has 1 heterocycles. The highest BCUT2D eigenvalue weighted by molar-refractivity contribution is 7.14. The van der Waals surface area contributed by atoms with Crippen molar-refractivity contribution in [2.75, 3.05) is 18.5 Å². The Balaban J connectivity index is 1.96. The summed E-state index contributed by atoms with van der Waals surface area (Å²) in [5, 5.41) is 15.4. The standard InChI is InChI=1S/C16H16N2O6S/c1-3-23-16(20)12-6-7-25-15(12)17-14(19)9-24-11-4-5-13(18(21)22)10(2)8-11/h4-8H,3,9H2,1-2H3,(H,17,19). The Bertz CT molecular complexity index is 802. The Labute approximate surface area is 147 Å². The number of hydrogen-bond acceptors (Lipinski definition) is 7. The molecule has 1 N–H and O–H groups in total. The smallest absolute Gasteiger partial charge is 0.341 e. The van der Waals surface area contributed by atoms with Crippen LogP contribution in [0.15, 0.2) is 29.6 Å². The Kier molecular flexibility index (Phi) is 6.07. The molecule has 0 aliphatic carbocycles. The number of ether oxygens (including phenoxy) is 2. The fourth-order valence-corrected chi connectivity index (χ4v) is 2.80. The van der Waals surface area contributed by atoms with E-state index in [2.05, 4.69) is 5.32 Å². The van der Waals surface area contributed by atoms with Crippen LogP contribution in [-0.2, 0) is 9.53 Å². The lowest BCUT2D eigenvalue weighted by molar-refractivity contribution is -0.385. The van der Waals surface area contributed by atoms with Crippen molar-refractivity contribution in [3.05, 3.63) is 50.9 Å². The maximum absolute atomic E-state index is 12.0. The average Bonchev–Trinajstić information content (AvgIpc) is 3.01. The van der Waals surface area contributed by atoms with Gasteiger partial charge in [-0.25, -0.2) is 4.79 Å². The first-order valence-electron chi connectivity index (χ1n) is 7.34. The molecule has 9 heteroatoms. The number of nitrogens with one attached hydrogen (secondary N) is 1. The molecule has 2 aromatic rings. The van der Waals surface area contributed by atoms with Crippen molar-refractivity contribution in [1.29, 1.82) is 0 Å². The molecule has 0 atom stereocenters. The zero-order valence-electron chi connectivity index (χ0n) is 13.6. The van der Waals surface area contributed by atoms with Crippen molar-refractivity contribution in [3.8, 4) is 5.75 Å². The molecule has 0 bridgehead atoms. The molecule has 0 saturated heterocycles. The molecular formula is C16H16N2O6S. The number of nitro benzene ring substituents is 1. The van der Waals surface area contributed by atoms with Gasteiger partial charge in [-0.1, -0.05) is 0 Å². The number of esters is 1. The number of amides is 1. The first-order chi connectivity index (χ1) is 11.9. The fourth-order valence-electron chi connectivity index (χ4n) is 2.01. The van der Waals surface area contributed by atoms with Crippen LogP contribution >= 0.6 is 11.3 Å². The molecule has 0 fully saturated rings. The van der Waals surface area contributed by atoms with Crippen LogP contribution in [0.2, 0.25) is 0 Å². The van der Waals surface area contributed by atoms with Crippen molar-refractivity contribution >= 4 is 33.9 Å². The maximum Gasteiger partial charge on any atom is 0.341 e. The van der Waals surface area contributed by atoms with Crippen LogP contribution in [0, 0.1) is 17.0 Å². The highest BCUT2D eigenvalue weighted by atomic mass is 32.1. The largest absolute Gasteiger partial charge is 0.484 e. The highest BCUT2D eigenvalue weighted by Gasteiger charge is 2.16. The van der Waals surface area contributed by atoms with E-state index >= 15 is 0 Å². The van der Waals surface area contributed by atoms with Crippen LogP contribution in [0.5, 0.6) is 5.75 Å². The first kappa shape index (κ1) is 18.4. The summed E-state index contributed by atoms with van der Waals surface area (Å²) in [6, 6.07) is 5.80. The van der Waals surface area contributed by atoms with E-state index in [1.54, 1.807) is 25.3 Å². The summed E-state index contributed by atoms with van der Waals surface area (Å²) in [7, 11) is 0. The van der Waals surface area contributed by atoms with E-state index in [4.69, 9.17) is 9.47 Å². The molecule has 0 aliphatic heterocycles. The molecule has 1 aromatic carbocycles. The third-order valence-electron chi connectivity index (χ3n) is 3.15. The predicted octanol–water partition coefficient (Wildman–Crippen LogP) is 3.16. The van der Waals surface area contributed by atoms with Crippen LogP contribution in [0.4, 0.5) is 10.7 Å². The number of anilines is 1. The van der Waals surface area contributed by atoms with Gasteiger partial charge in [-0.05, 0) is 37.4 Å². The normalized spacial score (nSPS) is 10.2. The number of nitro groups is 1. The zero-order valence-corrected chi connectivity index (χ0v) is 14.4. The molecule has 8 nitrogen and oxygen atoms in total. The number of rotatable bonds is 7. The van der Waals surface area contributed by atoms with Gasteiger partial charge < -0.3 is 14.8 Å². The lowest BCUT2D eigenvalue weighted by atomic mass is 10.2. The number of thiophene rings is 1. The van der Waals surface area contributed by atoms with Gasteiger partial charge in [-0.3, -0.25) is 14.9 Å². The summed E-state index contributed by atoms with van der Waals surface area (Å²) >= 11 is 1.20. The third kappa shape index (κ3) is 4.77. The van der Waals surface area contributed by atoms with Gasteiger partial charge in [0, 0.05) is 11.6 Å². The van der Waals surface area contributed by atoms with E-state index in [0.29, 0.717) is 16.3 Å². The van der Waals surface area contributed by atoms with Gasteiger partial charge in [0.15, 0.2) is 6.61 Å². The molecule has 1 aromatic heterocycles. The molecule has 2 rings (SSSR count). The summed E-state index contributed by atoms with van der Waals surface area (Å²) in [6.07, 6.45) is 0. The topological polar surface area (TPSA) is 108 Å². The second-order valence-corrected chi connectivity index (χ2v) is 5.84. The van der Waals surface area contributed by atoms with E-state index in [1.165, 1.54) is 29.5 Å². The van der Waals surface area contributed by atoms with E-state index in [1.807, 2.05) is 0 Å². The van der Waals surface area contributed by atoms with Crippen molar-refractivity contribution in [2.24, 2.45) is 0 Å². The second kappa shape index (κ2) is 8.25. The molecule has 0 spiro atoms. The van der Waals surface area contributed by atoms with Gasteiger partial charge in [-0.2, -0.15) is 0 Å². The number of aryl methyl sites for hydroxylation is 1. The van der Waals surface area contributed by atoms with E-state index < -0.39 is 16.8 Å². The monoisotopic (exact) mass is 364 g/mol. The maximum atomic E-state index is 12.0. The number of nitrogens with zero attached hydrogens (tertiary/aromatic N) is 1. The molecule has 1 amide bonds.